The van der Waals surface area contributed by atoms with Gasteiger partial charge >= 0.3 is 0 Å². The molecule has 20 heavy (non-hydrogen) atoms. The van der Waals surface area contributed by atoms with Crippen LogP contribution in [0.4, 0.5) is 5.69 Å². The molecule has 1 fully saturated rings. The first kappa shape index (κ1) is 13.1. The van der Waals surface area contributed by atoms with Crippen LogP contribution in [0.2, 0.25) is 0 Å². The van der Waals surface area contributed by atoms with Crippen LogP contribution in [-0.4, -0.2) is 26.2 Å². The Bertz CT molecular complexity index is 564. The zero-order chi connectivity index (χ0) is 13.9. The highest BCUT2D eigenvalue weighted by Crippen LogP contribution is 2.28. The second kappa shape index (κ2) is 5.61. The van der Waals surface area contributed by atoms with E-state index in [1.54, 1.807) is 11.0 Å². The Morgan fingerprint density at radius 2 is 2.20 bits per heavy atom. The zero-order valence-electron chi connectivity index (χ0n) is 12.1. The normalized spacial score (nSPS) is 22.7. The molecular weight excluding hydrogens is 250 g/mol. The van der Waals surface area contributed by atoms with Gasteiger partial charge in [-0.15, -0.1) is 5.10 Å². The number of aromatic nitrogens is 4. The summed E-state index contributed by atoms with van der Waals surface area (Å²) in [5.41, 5.74) is 3.45. The van der Waals surface area contributed by atoms with Gasteiger partial charge in [0.25, 0.3) is 0 Å². The van der Waals surface area contributed by atoms with E-state index in [1.165, 1.54) is 36.9 Å². The van der Waals surface area contributed by atoms with Gasteiger partial charge in [-0.3, -0.25) is 0 Å². The molecule has 2 atom stereocenters. The SMILES string of the molecule is Cc1ccc(-n2cnnn2)cc1NC1CCCC(C)C1. The minimum atomic E-state index is 0.585. The Balaban J connectivity index is 1.80. The Labute approximate surface area is 119 Å². The van der Waals surface area contributed by atoms with Crippen molar-refractivity contribution >= 4 is 5.69 Å². The minimum absolute atomic E-state index is 0.585. The Morgan fingerprint density at radius 3 is 2.95 bits per heavy atom. The van der Waals surface area contributed by atoms with Crippen LogP contribution < -0.4 is 5.32 Å². The molecule has 0 bridgehead atoms. The minimum Gasteiger partial charge on any atom is -0.382 e. The van der Waals surface area contributed by atoms with Crippen molar-refractivity contribution in [3.8, 4) is 5.69 Å². The number of rotatable bonds is 3. The maximum Gasteiger partial charge on any atom is 0.143 e. The first-order chi connectivity index (χ1) is 9.72. The second-order valence-electron chi connectivity index (χ2n) is 5.87. The van der Waals surface area contributed by atoms with Crippen LogP contribution in [0.25, 0.3) is 5.69 Å². The number of tetrazole rings is 1. The van der Waals surface area contributed by atoms with Crippen molar-refractivity contribution in [2.75, 3.05) is 5.32 Å². The van der Waals surface area contributed by atoms with E-state index in [0.29, 0.717) is 6.04 Å². The van der Waals surface area contributed by atoms with Crippen LogP contribution in [0.15, 0.2) is 24.5 Å². The lowest BCUT2D eigenvalue weighted by molar-refractivity contribution is 0.358. The first-order valence-electron chi connectivity index (χ1n) is 7.33. The van der Waals surface area contributed by atoms with Gasteiger partial charge in [-0.1, -0.05) is 25.8 Å². The van der Waals surface area contributed by atoms with Crippen molar-refractivity contribution in [1.29, 1.82) is 0 Å². The standard InChI is InChI=1S/C15H21N5/c1-11-4-3-5-13(8-11)17-15-9-14(7-6-12(15)2)20-10-16-18-19-20/h6-7,9-11,13,17H,3-5,8H2,1-2H3. The van der Waals surface area contributed by atoms with Crippen molar-refractivity contribution in [3.05, 3.63) is 30.1 Å². The number of anilines is 1. The molecule has 1 N–H and O–H groups in total. The molecule has 0 spiro atoms. The van der Waals surface area contributed by atoms with Gasteiger partial charge in [0.15, 0.2) is 0 Å². The second-order valence-corrected chi connectivity index (χ2v) is 5.87. The van der Waals surface area contributed by atoms with Gasteiger partial charge in [-0.2, -0.15) is 0 Å². The van der Waals surface area contributed by atoms with Crippen molar-refractivity contribution < 1.29 is 0 Å². The molecule has 1 aliphatic rings. The van der Waals surface area contributed by atoms with Gasteiger partial charge in [-0.25, -0.2) is 4.68 Å². The molecule has 1 aromatic heterocycles. The van der Waals surface area contributed by atoms with E-state index in [0.717, 1.165) is 11.6 Å². The summed E-state index contributed by atoms with van der Waals surface area (Å²) in [6.07, 6.45) is 6.83. The summed E-state index contributed by atoms with van der Waals surface area (Å²) in [4.78, 5) is 0. The van der Waals surface area contributed by atoms with Gasteiger partial charge in [0, 0.05) is 11.7 Å². The van der Waals surface area contributed by atoms with Crippen molar-refractivity contribution in [2.24, 2.45) is 5.92 Å². The largest absolute Gasteiger partial charge is 0.382 e. The van der Waals surface area contributed by atoms with Crippen molar-refractivity contribution in [1.82, 2.24) is 20.2 Å². The number of hydrogen-bond donors (Lipinski definition) is 1. The smallest absolute Gasteiger partial charge is 0.143 e. The summed E-state index contributed by atoms with van der Waals surface area (Å²) in [7, 11) is 0. The van der Waals surface area contributed by atoms with Crippen LogP contribution in [-0.2, 0) is 0 Å². The highest BCUT2D eigenvalue weighted by atomic mass is 15.5. The summed E-state index contributed by atoms with van der Waals surface area (Å²) >= 11 is 0. The van der Waals surface area contributed by atoms with Crippen molar-refractivity contribution in [2.45, 2.75) is 45.6 Å². The Morgan fingerprint density at radius 1 is 1.30 bits per heavy atom. The van der Waals surface area contributed by atoms with E-state index in [1.807, 2.05) is 6.07 Å². The Kier molecular flexibility index (Phi) is 3.67. The first-order valence-corrected chi connectivity index (χ1v) is 7.33. The lowest BCUT2D eigenvalue weighted by Gasteiger charge is -2.29. The molecule has 5 heteroatoms. The van der Waals surface area contributed by atoms with Gasteiger partial charge < -0.3 is 5.32 Å². The fraction of sp³-hybridized carbons (Fsp3) is 0.533. The van der Waals surface area contributed by atoms with Gasteiger partial charge in [-0.05, 0) is 53.8 Å². The van der Waals surface area contributed by atoms with E-state index in [2.05, 4.69) is 46.8 Å². The maximum atomic E-state index is 3.94. The quantitative estimate of drug-likeness (QED) is 0.932. The predicted octanol–water partition coefficient (Wildman–Crippen LogP) is 2.96. The molecule has 5 nitrogen and oxygen atoms in total. The van der Waals surface area contributed by atoms with E-state index in [4.69, 9.17) is 0 Å². The van der Waals surface area contributed by atoms with Crippen LogP contribution in [0.1, 0.15) is 38.2 Å². The Hall–Kier alpha value is -1.91. The molecule has 1 saturated carbocycles. The third-order valence-electron chi connectivity index (χ3n) is 4.13. The van der Waals surface area contributed by atoms with Crippen LogP contribution in [0, 0.1) is 12.8 Å². The molecule has 2 unspecified atom stereocenters. The van der Waals surface area contributed by atoms with Crippen LogP contribution >= 0.6 is 0 Å². The molecule has 2 aromatic rings. The number of hydrogen-bond acceptors (Lipinski definition) is 4. The highest BCUT2D eigenvalue weighted by molar-refractivity contribution is 5.57. The van der Waals surface area contributed by atoms with Gasteiger partial charge in [0.05, 0.1) is 5.69 Å². The van der Waals surface area contributed by atoms with Crippen LogP contribution in [0.5, 0.6) is 0 Å². The van der Waals surface area contributed by atoms with Gasteiger partial charge in [0.2, 0.25) is 0 Å². The molecule has 0 amide bonds. The highest BCUT2D eigenvalue weighted by Gasteiger charge is 2.19. The molecular formula is C15H21N5. The maximum absolute atomic E-state index is 3.94. The average Bonchev–Trinajstić information content (AvgIpc) is 2.95. The molecule has 1 aromatic carbocycles. The van der Waals surface area contributed by atoms with Crippen molar-refractivity contribution in [3.63, 3.8) is 0 Å². The zero-order valence-corrected chi connectivity index (χ0v) is 12.1. The van der Waals surface area contributed by atoms with Gasteiger partial charge in [0.1, 0.15) is 6.33 Å². The number of benzene rings is 1. The average molecular weight is 271 g/mol. The topological polar surface area (TPSA) is 55.6 Å². The summed E-state index contributed by atoms with van der Waals surface area (Å²) in [6, 6.07) is 6.87. The lowest BCUT2D eigenvalue weighted by Crippen LogP contribution is -2.26. The molecule has 0 aliphatic heterocycles. The summed E-state index contributed by atoms with van der Waals surface area (Å²) < 4.78 is 1.69. The number of aryl methyl sites for hydroxylation is 1. The summed E-state index contributed by atoms with van der Waals surface area (Å²) in [5, 5.41) is 15.0. The summed E-state index contributed by atoms with van der Waals surface area (Å²) in [6.45, 7) is 4.48. The number of nitrogens with one attached hydrogen (secondary N) is 1. The number of nitrogens with zero attached hydrogens (tertiary/aromatic N) is 4. The molecule has 1 aliphatic carbocycles. The van der Waals surface area contributed by atoms with E-state index in [-0.39, 0.29) is 0 Å². The third kappa shape index (κ3) is 2.81. The molecule has 1 heterocycles. The fourth-order valence-electron chi connectivity index (χ4n) is 2.97. The monoisotopic (exact) mass is 271 g/mol. The molecule has 0 radical (unpaired) electrons. The molecule has 106 valence electrons. The molecule has 3 rings (SSSR count). The van der Waals surface area contributed by atoms with E-state index in [9.17, 15) is 0 Å². The molecule has 0 saturated heterocycles. The van der Waals surface area contributed by atoms with E-state index < -0.39 is 0 Å². The third-order valence-corrected chi connectivity index (χ3v) is 4.13. The lowest BCUT2D eigenvalue weighted by atomic mass is 9.87. The van der Waals surface area contributed by atoms with E-state index >= 15 is 0 Å². The fourth-order valence-corrected chi connectivity index (χ4v) is 2.97. The van der Waals surface area contributed by atoms with Crippen LogP contribution in [0.3, 0.4) is 0 Å². The summed E-state index contributed by atoms with van der Waals surface area (Å²) in [5.74, 6) is 0.823. The predicted molar refractivity (Wildman–Crippen MR) is 78.9 cm³/mol.